The molecule has 0 atom stereocenters. The van der Waals surface area contributed by atoms with E-state index in [0.29, 0.717) is 12.3 Å². The maximum atomic E-state index is 13.5. The standard InChI is InChI=1S/C16H17F2NO/c1-11(2)20-15-9-4-3-6-12(15)10-19-16-13(17)7-5-8-14(16)18/h3-9,11,19H,10H2,1-2H3. The average Bonchev–Trinajstić information content (AvgIpc) is 2.39. The van der Waals surface area contributed by atoms with Crippen molar-refractivity contribution in [2.45, 2.75) is 26.5 Å². The van der Waals surface area contributed by atoms with E-state index in [4.69, 9.17) is 4.74 Å². The van der Waals surface area contributed by atoms with Crippen LogP contribution in [0.2, 0.25) is 0 Å². The summed E-state index contributed by atoms with van der Waals surface area (Å²) >= 11 is 0. The summed E-state index contributed by atoms with van der Waals surface area (Å²) in [6, 6.07) is 11.2. The molecule has 4 heteroatoms. The molecule has 0 radical (unpaired) electrons. The molecular weight excluding hydrogens is 260 g/mol. The Kier molecular flexibility index (Phi) is 4.56. The van der Waals surface area contributed by atoms with Crippen LogP contribution in [-0.2, 0) is 6.54 Å². The molecule has 0 spiro atoms. The first kappa shape index (κ1) is 14.3. The van der Waals surface area contributed by atoms with Gasteiger partial charge in [0, 0.05) is 12.1 Å². The minimum Gasteiger partial charge on any atom is -0.491 e. The van der Waals surface area contributed by atoms with Gasteiger partial charge in [-0.25, -0.2) is 8.78 Å². The van der Waals surface area contributed by atoms with Crippen molar-refractivity contribution in [2.24, 2.45) is 0 Å². The van der Waals surface area contributed by atoms with Crippen LogP contribution in [0.4, 0.5) is 14.5 Å². The number of para-hydroxylation sites is 2. The minimum atomic E-state index is -0.604. The number of anilines is 1. The molecule has 2 aromatic rings. The Bertz CT molecular complexity index is 564. The highest BCUT2D eigenvalue weighted by atomic mass is 19.1. The first-order chi connectivity index (χ1) is 9.58. The Morgan fingerprint density at radius 2 is 1.65 bits per heavy atom. The molecule has 0 fully saturated rings. The fraction of sp³-hybridized carbons (Fsp3) is 0.250. The van der Waals surface area contributed by atoms with Gasteiger partial charge in [0.15, 0.2) is 0 Å². The highest BCUT2D eigenvalue weighted by Gasteiger charge is 2.10. The van der Waals surface area contributed by atoms with Gasteiger partial charge in [-0.05, 0) is 32.0 Å². The second-order valence-corrected chi connectivity index (χ2v) is 4.72. The van der Waals surface area contributed by atoms with E-state index in [9.17, 15) is 8.78 Å². The number of ether oxygens (including phenoxy) is 1. The van der Waals surface area contributed by atoms with Crippen LogP contribution < -0.4 is 10.1 Å². The lowest BCUT2D eigenvalue weighted by atomic mass is 10.2. The molecule has 0 bridgehead atoms. The summed E-state index contributed by atoms with van der Waals surface area (Å²) in [6.07, 6.45) is 0.0429. The lowest BCUT2D eigenvalue weighted by molar-refractivity contribution is 0.240. The van der Waals surface area contributed by atoms with Gasteiger partial charge in [0.1, 0.15) is 23.1 Å². The summed E-state index contributed by atoms with van der Waals surface area (Å²) in [5, 5.41) is 2.78. The van der Waals surface area contributed by atoms with Crippen molar-refractivity contribution >= 4 is 5.69 Å². The predicted molar refractivity (Wildman–Crippen MR) is 75.9 cm³/mol. The largest absolute Gasteiger partial charge is 0.491 e. The number of rotatable bonds is 5. The SMILES string of the molecule is CC(C)Oc1ccccc1CNc1c(F)cccc1F. The summed E-state index contributed by atoms with van der Waals surface area (Å²) < 4.78 is 32.7. The van der Waals surface area contributed by atoms with Crippen molar-refractivity contribution in [3.63, 3.8) is 0 Å². The zero-order valence-corrected chi connectivity index (χ0v) is 11.5. The molecule has 0 aromatic heterocycles. The Hall–Kier alpha value is -2.10. The van der Waals surface area contributed by atoms with E-state index in [-0.39, 0.29) is 11.8 Å². The molecule has 2 nitrogen and oxygen atoms in total. The van der Waals surface area contributed by atoms with Gasteiger partial charge in [-0.2, -0.15) is 0 Å². The first-order valence-electron chi connectivity index (χ1n) is 6.50. The molecule has 0 saturated heterocycles. The van der Waals surface area contributed by atoms with Crippen molar-refractivity contribution in [1.82, 2.24) is 0 Å². The van der Waals surface area contributed by atoms with E-state index < -0.39 is 11.6 Å². The molecule has 0 unspecified atom stereocenters. The van der Waals surface area contributed by atoms with Crippen molar-refractivity contribution < 1.29 is 13.5 Å². The molecule has 2 rings (SSSR count). The summed E-state index contributed by atoms with van der Waals surface area (Å²) in [5.74, 6) is -0.494. The third-order valence-electron chi connectivity index (χ3n) is 2.75. The van der Waals surface area contributed by atoms with Crippen LogP contribution in [0.3, 0.4) is 0 Å². The lowest BCUT2D eigenvalue weighted by Crippen LogP contribution is -2.10. The molecular formula is C16H17F2NO. The molecule has 0 aliphatic heterocycles. The van der Waals surface area contributed by atoms with Crippen LogP contribution in [0.25, 0.3) is 0 Å². The highest BCUT2D eigenvalue weighted by molar-refractivity contribution is 5.47. The van der Waals surface area contributed by atoms with Gasteiger partial charge in [0.2, 0.25) is 0 Å². The fourth-order valence-corrected chi connectivity index (χ4v) is 1.87. The van der Waals surface area contributed by atoms with Crippen molar-refractivity contribution in [1.29, 1.82) is 0 Å². The predicted octanol–water partition coefficient (Wildman–Crippen LogP) is 4.36. The monoisotopic (exact) mass is 277 g/mol. The molecule has 0 aliphatic carbocycles. The van der Waals surface area contributed by atoms with Crippen LogP contribution in [0.15, 0.2) is 42.5 Å². The Balaban J connectivity index is 2.15. The molecule has 0 saturated carbocycles. The van der Waals surface area contributed by atoms with Gasteiger partial charge in [-0.15, -0.1) is 0 Å². The number of halogens is 2. The van der Waals surface area contributed by atoms with E-state index in [0.717, 1.165) is 5.56 Å². The summed E-state index contributed by atoms with van der Waals surface area (Å²) in [5.41, 5.74) is 0.732. The van der Waals surface area contributed by atoms with Gasteiger partial charge >= 0.3 is 0 Å². The zero-order valence-electron chi connectivity index (χ0n) is 11.5. The number of nitrogens with one attached hydrogen (secondary N) is 1. The smallest absolute Gasteiger partial charge is 0.149 e. The number of benzene rings is 2. The van der Waals surface area contributed by atoms with Gasteiger partial charge in [-0.1, -0.05) is 24.3 Å². The maximum Gasteiger partial charge on any atom is 0.149 e. The molecule has 2 aromatic carbocycles. The second kappa shape index (κ2) is 6.37. The Morgan fingerprint density at radius 1 is 1.00 bits per heavy atom. The third kappa shape index (κ3) is 3.47. The Labute approximate surface area is 117 Å². The molecule has 0 aliphatic rings. The third-order valence-corrected chi connectivity index (χ3v) is 2.75. The molecule has 20 heavy (non-hydrogen) atoms. The van der Waals surface area contributed by atoms with Crippen LogP contribution >= 0.6 is 0 Å². The van der Waals surface area contributed by atoms with E-state index in [2.05, 4.69) is 5.32 Å². The van der Waals surface area contributed by atoms with E-state index in [1.165, 1.54) is 18.2 Å². The van der Waals surface area contributed by atoms with Crippen molar-refractivity contribution in [3.05, 3.63) is 59.7 Å². The van der Waals surface area contributed by atoms with Crippen LogP contribution in [0.1, 0.15) is 19.4 Å². The van der Waals surface area contributed by atoms with Gasteiger partial charge in [0.25, 0.3) is 0 Å². The summed E-state index contributed by atoms with van der Waals surface area (Å²) in [7, 11) is 0. The van der Waals surface area contributed by atoms with Crippen LogP contribution in [0.5, 0.6) is 5.75 Å². The quantitative estimate of drug-likeness (QED) is 0.876. The first-order valence-corrected chi connectivity index (χ1v) is 6.50. The molecule has 0 amide bonds. The van der Waals surface area contributed by atoms with Crippen molar-refractivity contribution in [2.75, 3.05) is 5.32 Å². The maximum absolute atomic E-state index is 13.5. The van der Waals surface area contributed by atoms with E-state index in [1.807, 2.05) is 38.1 Å². The van der Waals surface area contributed by atoms with E-state index >= 15 is 0 Å². The van der Waals surface area contributed by atoms with Gasteiger partial charge < -0.3 is 10.1 Å². The molecule has 106 valence electrons. The average molecular weight is 277 g/mol. The number of hydrogen-bond donors (Lipinski definition) is 1. The summed E-state index contributed by atoms with van der Waals surface area (Å²) in [6.45, 7) is 4.15. The van der Waals surface area contributed by atoms with Gasteiger partial charge in [-0.3, -0.25) is 0 Å². The molecule has 0 heterocycles. The van der Waals surface area contributed by atoms with Crippen molar-refractivity contribution in [3.8, 4) is 5.75 Å². The minimum absolute atomic E-state index is 0.0429. The topological polar surface area (TPSA) is 21.3 Å². The highest BCUT2D eigenvalue weighted by Crippen LogP contribution is 2.23. The molecule has 1 N–H and O–H groups in total. The zero-order chi connectivity index (χ0) is 14.5. The fourth-order valence-electron chi connectivity index (χ4n) is 1.87. The van der Waals surface area contributed by atoms with Crippen LogP contribution in [-0.4, -0.2) is 6.10 Å². The van der Waals surface area contributed by atoms with Gasteiger partial charge in [0.05, 0.1) is 6.10 Å². The normalized spacial score (nSPS) is 10.7. The lowest BCUT2D eigenvalue weighted by Gasteiger charge is -2.15. The second-order valence-electron chi connectivity index (χ2n) is 4.72. The van der Waals surface area contributed by atoms with Crippen LogP contribution in [0, 0.1) is 11.6 Å². The Morgan fingerprint density at radius 3 is 2.30 bits per heavy atom. The van der Waals surface area contributed by atoms with E-state index in [1.54, 1.807) is 0 Å². The number of hydrogen-bond acceptors (Lipinski definition) is 2. The summed E-state index contributed by atoms with van der Waals surface area (Å²) in [4.78, 5) is 0.